The van der Waals surface area contributed by atoms with Gasteiger partial charge in [-0.3, -0.25) is 9.69 Å². The molecule has 0 bridgehead atoms. The third kappa shape index (κ3) is 3.53. The Bertz CT molecular complexity index is 833. The second-order valence-corrected chi connectivity index (χ2v) is 6.85. The highest BCUT2D eigenvalue weighted by Crippen LogP contribution is 2.43. The average molecular weight is 390 g/mol. The van der Waals surface area contributed by atoms with E-state index in [0.29, 0.717) is 40.3 Å². The van der Waals surface area contributed by atoms with E-state index in [1.165, 1.54) is 11.8 Å². The summed E-state index contributed by atoms with van der Waals surface area (Å²) in [5.41, 5.74) is 1.66. The van der Waals surface area contributed by atoms with Crippen LogP contribution < -0.4 is 9.47 Å². The third-order valence-electron chi connectivity index (χ3n) is 4.28. The molecule has 2 heterocycles. The highest BCUT2D eigenvalue weighted by atomic mass is 32.2. The summed E-state index contributed by atoms with van der Waals surface area (Å²) >= 11 is 1.37. The maximum atomic E-state index is 12.7. The summed E-state index contributed by atoms with van der Waals surface area (Å²) in [5.74, 6) is 0.883. The molecule has 0 spiro atoms. The van der Waals surface area contributed by atoms with Crippen LogP contribution in [0.25, 0.3) is 0 Å². The van der Waals surface area contributed by atoms with Crippen molar-refractivity contribution in [3.05, 3.63) is 35.0 Å². The molecule has 1 saturated heterocycles. The maximum Gasteiger partial charge on any atom is 0.338 e. The van der Waals surface area contributed by atoms with Gasteiger partial charge < -0.3 is 14.2 Å². The van der Waals surface area contributed by atoms with Crippen LogP contribution in [0.5, 0.6) is 11.5 Å². The fourth-order valence-corrected chi connectivity index (χ4v) is 4.10. The summed E-state index contributed by atoms with van der Waals surface area (Å²) < 4.78 is 16.3. The van der Waals surface area contributed by atoms with Gasteiger partial charge in [0.15, 0.2) is 16.7 Å². The lowest BCUT2D eigenvalue weighted by Gasteiger charge is -2.33. The zero-order chi connectivity index (χ0) is 19.6. The van der Waals surface area contributed by atoms with E-state index in [2.05, 4.69) is 4.99 Å². The van der Waals surface area contributed by atoms with E-state index in [1.54, 1.807) is 38.0 Å². The van der Waals surface area contributed by atoms with Crippen molar-refractivity contribution in [2.45, 2.75) is 26.8 Å². The molecule has 3 rings (SSSR count). The number of rotatable bonds is 6. The van der Waals surface area contributed by atoms with E-state index in [-0.39, 0.29) is 12.5 Å². The van der Waals surface area contributed by atoms with Gasteiger partial charge in [-0.1, -0.05) is 17.8 Å². The van der Waals surface area contributed by atoms with Crippen LogP contribution in [-0.2, 0) is 14.3 Å². The molecule has 27 heavy (non-hydrogen) atoms. The first-order chi connectivity index (χ1) is 13.0. The molecule has 7 nitrogen and oxygen atoms in total. The number of methoxy groups -OCH3 is 1. The number of fused-ring (bicyclic) bond motifs is 1. The third-order valence-corrected chi connectivity index (χ3v) is 5.22. The van der Waals surface area contributed by atoms with Crippen molar-refractivity contribution >= 4 is 28.8 Å². The summed E-state index contributed by atoms with van der Waals surface area (Å²) in [5, 5.41) is 0.601. The van der Waals surface area contributed by atoms with Crippen LogP contribution in [0.2, 0.25) is 0 Å². The Balaban J connectivity index is 2.14. The molecular formula is C19H22N2O5S. The number of hydrogen-bond acceptors (Lipinski definition) is 7. The first kappa shape index (κ1) is 19.3. The second kappa shape index (κ2) is 8.04. The molecule has 1 aromatic carbocycles. The van der Waals surface area contributed by atoms with Gasteiger partial charge >= 0.3 is 5.97 Å². The zero-order valence-electron chi connectivity index (χ0n) is 15.8. The Morgan fingerprint density at radius 1 is 1.30 bits per heavy atom. The standard InChI is InChI=1S/C19H22N2O5S/c1-5-25-14-9-12(7-8-13(14)24-4)17-16(18(23)26-6-2)11(3)20-19-21(17)15(22)10-27-19/h7-9,17H,5-6,10H2,1-4H3. The number of hydrogen-bond donors (Lipinski definition) is 0. The normalized spacial score (nSPS) is 19.0. The number of esters is 1. The van der Waals surface area contributed by atoms with Crippen molar-refractivity contribution in [1.82, 2.24) is 4.90 Å². The summed E-state index contributed by atoms with van der Waals surface area (Å²) in [6, 6.07) is 4.80. The number of amides is 1. The predicted molar refractivity (Wildman–Crippen MR) is 103 cm³/mol. The van der Waals surface area contributed by atoms with Crippen molar-refractivity contribution in [1.29, 1.82) is 0 Å². The molecule has 1 aromatic rings. The van der Waals surface area contributed by atoms with E-state index >= 15 is 0 Å². The van der Waals surface area contributed by atoms with Crippen LogP contribution in [0, 0.1) is 0 Å². The minimum atomic E-state index is -0.607. The maximum absolute atomic E-state index is 12.7. The van der Waals surface area contributed by atoms with E-state index in [9.17, 15) is 9.59 Å². The fourth-order valence-electron chi connectivity index (χ4n) is 3.16. The molecule has 8 heteroatoms. The van der Waals surface area contributed by atoms with Crippen LogP contribution in [0.4, 0.5) is 0 Å². The lowest BCUT2D eigenvalue weighted by molar-refractivity contribution is -0.139. The van der Waals surface area contributed by atoms with Gasteiger partial charge in [0, 0.05) is 0 Å². The molecule has 1 unspecified atom stereocenters. The SMILES string of the molecule is CCOC(=O)C1=C(C)N=C2SCC(=O)N2C1c1ccc(OC)c(OCC)c1. The number of aliphatic imine (C=N–C) groups is 1. The van der Waals surface area contributed by atoms with Crippen LogP contribution in [0.15, 0.2) is 34.5 Å². The first-order valence-corrected chi connectivity index (χ1v) is 9.72. The number of carbonyl (C=O) groups excluding carboxylic acids is 2. The number of amidine groups is 1. The van der Waals surface area contributed by atoms with Gasteiger partial charge in [-0.05, 0) is 38.5 Å². The Kier molecular flexibility index (Phi) is 5.74. The Labute approximate surface area is 162 Å². The van der Waals surface area contributed by atoms with Gasteiger partial charge in [0.25, 0.3) is 0 Å². The highest BCUT2D eigenvalue weighted by Gasteiger charge is 2.43. The van der Waals surface area contributed by atoms with Crippen molar-refractivity contribution in [2.24, 2.45) is 4.99 Å². The van der Waals surface area contributed by atoms with E-state index < -0.39 is 12.0 Å². The van der Waals surface area contributed by atoms with Crippen molar-refractivity contribution < 1.29 is 23.8 Å². The number of ether oxygens (including phenoxy) is 3. The predicted octanol–water partition coefficient (Wildman–Crippen LogP) is 2.92. The largest absolute Gasteiger partial charge is 0.493 e. The lowest BCUT2D eigenvalue weighted by atomic mass is 9.94. The van der Waals surface area contributed by atoms with Crippen LogP contribution in [0.3, 0.4) is 0 Å². The summed E-state index contributed by atoms with van der Waals surface area (Å²) in [4.78, 5) is 31.2. The van der Waals surface area contributed by atoms with Crippen LogP contribution in [0.1, 0.15) is 32.4 Å². The topological polar surface area (TPSA) is 77.4 Å². The molecule has 0 radical (unpaired) electrons. The number of allylic oxidation sites excluding steroid dienone is 1. The molecule has 144 valence electrons. The Morgan fingerprint density at radius 2 is 2.07 bits per heavy atom. The highest BCUT2D eigenvalue weighted by molar-refractivity contribution is 8.15. The first-order valence-electron chi connectivity index (χ1n) is 8.73. The van der Waals surface area contributed by atoms with Gasteiger partial charge in [-0.2, -0.15) is 0 Å². The Morgan fingerprint density at radius 3 is 2.74 bits per heavy atom. The number of thioether (sulfide) groups is 1. The monoisotopic (exact) mass is 390 g/mol. The summed E-state index contributed by atoms with van der Waals surface area (Å²) in [6.45, 7) is 6.10. The fraction of sp³-hybridized carbons (Fsp3) is 0.421. The molecule has 2 aliphatic rings. The van der Waals surface area contributed by atoms with Crippen LogP contribution in [-0.4, -0.2) is 48.0 Å². The average Bonchev–Trinajstić information content (AvgIpc) is 3.01. The molecule has 0 aromatic heterocycles. The molecule has 1 atom stereocenters. The molecule has 0 N–H and O–H groups in total. The number of nitrogens with zero attached hydrogens (tertiary/aromatic N) is 2. The van der Waals surface area contributed by atoms with E-state index in [1.807, 2.05) is 13.0 Å². The molecule has 0 aliphatic carbocycles. The van der Waals surface area contributed by atoms with Gasteiger partial charge in [-0.25, -0.2) is 9.79 Å². The minimum Gasteiger partial charge on any atom is -0.493 e. The van der Waals surface area contributed by atoms with E-state index in [4.69, 9.17) is 14.2 Å². The second-order valence-electron chi connectivity index (χ2n) is 5.91. The van der Waals surface area contributed by atoms with Crippen molar-refractivity contribution in [3.63, 3.8) is 0 Å². The molecule has 2 aliphatic heterocycles. The van der Waals surface area contributed by atoms with Gasteiger partial charge in [-0.15, -0.1) is 0 Å². The summed E-state index contributed by atoms with van der Waals surface area (Å²) in [7, 11) is 1.57. The summed E-state index contributed by atoms with van der Waals surface area (Å²) in [6.07, 6.45) is 0. The van der Waals surface area contributed by atoms with Crippen molar-refractivity contribution in [2.75, 3.05) is 26.1 Å². The zero-order valence-corrected chi connectivity index (χ0v) is 16.6. The van der Waals surface area contributed by atoms with Crippen molar-refractivity contribution in [3.8, 4) is 11.5 Å². The molecular weight excluding hydrogens is 368 g/mol. The lowest BCUT2D eigenvalue weighted by Crippen LogP contribution is -2.39. The minimum absolute atomic E-state index is 0.0909. The van der Waals surface area contributed by atoms with Gasteiger partial charge in [0.2, 0.25) is 5.91 Å². The number of benzene rings is 1. The van der Waals surface area contributed by atoms with E-state index in [0.717, 1.165) is 5.56 Å². The molecule has 1 amide bonds. The van der Waals surface area contributed by atoms with Gasteiger partial charge in [0.1, 0.15) is 0 Å². The molecule has 1 fully saturated rings. The smallest absolute Gasteiger partial charge is 0.338 e. The quantitative estimate of drug-likeness (QED) is 0.695. The molecule has 0 saturated carbocycles. The van der Waals surface area contributed by atoms with Gasteiger partial charge in [0.05, 0.1) is 43.4 Å². The number of carbonyl (C=O) groups is 2. The Hall–Kier alpha value is -2.48. The van der Waals surface area contributed by atoms with Crippen LogP contribution >= 0.6 is 11.8 Å².